The Morgan fingerprint density at radius 3 is 2.33 bits per heavy atom. The molecule has 2 aromatic rings. The smallest absolute Gasteiger partial charge is 0.243 e. The van der Waals surface area contributed by atoms with Crippen LogP contribution >= 0.6 is 0 Å². The summed E-state index contributed by atoms with van der Waals surface area (Å²) in [5, 5.41) is 9.87. The number of hydrogen-bond donors (Lipinski definition) is 1. The van der Waals surface area contributed by atoms with Crippen molar-refractivity contribution in [2.24, 2.45) is 0 Å². The quantitative estimate of drug-likeness (QED) is 0.670. The summed E-state index contributed by atoms with van der Waals surface area (Å²) in [7, 11) is -3.57. The van der Waals surface area contributed by atoms with Gasteiger partial charge in [0.1, 0.15) is 0 Å². The molecule has 4 rings (SSSR count). The number of carbonyl (C=O) groups is 1. The number of benzene rings is 2. The number of aryl methyl sites for hydroxylation is 2. The van der Waals surface area contributed by atoms with Crippen molar-refractivity contribution in [3.05, 3.63) is 59.7 Å². The van der Waals surface area contributed by atoms with E-state index in [9.17, 15) is 18.3 Å². The van der Waals surface area contributed by atoms with Crippen molar-refractivity contribution in [1.29, 1.82) is 0 Å². The molecule has 2 aliphatic rings. The van der Waals surface area contributed by atoms with Crippen molar-refractivity contribution in [2.45, 2.75) is 43.6 Å². The minimum atomic E-state index is -3.57. The van der Waals surface area contributed by atoms with Gasteiger partial charge in [-0.25, -0.2) is 8.42 Å². The van der Waals surface area contributed by atoms with Crippen molar-refractivity contribution in [3.8, 4) is 0 Å². The summed E-state index contributed by atoms with van der Waals surface area (Å²) in [5.74, 6) is -0.0645. The molecule has 1 heterocycles. The fourth-order valence-electron chi connectivity index (χ4n) is 4.68. The molecule has 7 nitrogen and oxygen atoms in total. The van der Waals surface area contributed by atoms with E-state index in [1.165, 1.54) is 9.87 Å². The number of amides is 1. The van der Waals surface area contributed by atoms with Gasteiger partial charge in [-0.1, -0.05) is 24.3 Å². The Balaban J connectivity index is 1.39. The van der Waals surface area contributed by atoms with E-state index in [1.54, 1.807) is 17.9 Å². The molecule has 1 unspecified atom stereocenters. The number of fused-ring (bicyclic) bond motifs is 1. The fourth-order valence-corrected chi connectivity index (χ4v) is 6.15. The van der Waals surface area contributed by atoms with Gasteiger partial charge in [-0.05, 0) is 68.0 Å². The predicted molar refractivity (Wildman–Crippen MR) is 129 cm³/mol. The maximum absolute atomic E-state index is 13.2. The Morgan fingerprint density at radius 2 is 1.67 bits per heavy atom. The summed E-state index contributed by atoms with van der Waals surface area (Å²) < 4.78 is 27.9. The highest BCUT2D eigenvalue weighted by atomic mass is 32.2. The third-order valence-corrected chi connectivity index (χ3v) is 8.38. The van der Waals surface area contributed by atoms with Gasteiger partial charge in [-0.2, -0.15) is 4.31 Å². The second-order valence-corrected chi connectivity index (χ2v) is 10.9. The number of aliphatic hydroxyl groups excluding tert-OH is 1. The Bertz CT molecular complexity index is 1060. The van der Waals surface area contributed by atoms with Gasteiger partial charge >= 0.3 is 0 Å². The number of sulfonamides is 1. The lowest BCUT2D eigenvalue weighted by molar-refractivity contribution is -0.130. The second kappa shape index (κ2) is 10.2. The highest BCUT2D eigenvalue weighted by molar-refractivity contribution is 7.89. The van der Waals surface area contributed by atoms with Crippen LogP contribution < -0.4 is 4.90 Å². The lowest BCUT2D eigenvalue weighted by Crippen LogP contribution is -2.53. The minimum absolute atomic E-state index is 0.0645. The summed E-state index contributed by atoms with van der Waals surface area (Å²) >= 11 is 0. The standard InChI is InChI=1S/C25H33N3O4S/c1-20(29)18-27(23-9-3-2-4-10-23)19-25(30)26-13-15-28(16-14-26)33(31,32)24-12-11-21-7-5-6-8-22(21)17-24/h2-4,9-12,17,20,29H,5-8,13-16,18-19H2,1H3. The average Bonchev–Trinajstić information content (AvgIpc) is 2.83. The zero-order valence-electron chi connectivity index (χ0n) is 19.2. The average molecular weight is 472 g/mol. The summed E-state index contributed by atoms with van der Waals surface area (Å²) in [6.45, 7) is 3.49. The third-order valence-electron chi connectivity index (χ3n) is 6.48. The second-order valence-electron chi connectivity index (χ2n) is 8.99. The molecule has 0 spiro atoms. The van der Waals surface area contributed by atoms with Gasteiger partial charge in [0, 0.05) is 38.4 Å². The zero-order valence-corrected chi connectivity index (χ0v) is 20.0. The monoisotopic (exact) mass is 471 g/mol. The van der Waals surface area contributed by atoms with Crippen molar-refractivity contribution in [2.75, 3.05) is 44.2 Å². The lowest BCUT2D eigenvalue weighted by Gasteiger charge is -2.36. The molecular formula is C25H33N3O4S. The Kier molecular flexibility index (Phi) is 7.36. The topological polar surface area (TPSA) is 81.2 Å². The molecule has 8 heteroatoms. The Morgan fingerprint density at radius 1 is 1.00 bits per heavy atom. The summed E-state index contributed by atoms with van der Waals surface area (Å²) in [5.41, 5.74) is 3.28. The first kappa shape index (κ1) is 23.7. The van der Waals surface area contributed by atoms with Crippen molar-refractivity contribution < 1.29 is 18.3 Å². The molecule has 0 aromatic heterocycles. The molecule has 0 bridgehead atoms. The maximum Gasteiger partial charge on any atom is 0.243 e. The van der Waals surface area contributed by atoms with Crippen LogP contribution in [-0.2, 0) is 27.7 Å². The maximum atomic E-state index is 13.2. The van der Waals surface area contributed by atoms with Crippen LogP contribution in [-0.4, -0.2) is 74.0 Å². The molecule has 1 amide bonds. The number of carbonyl (C=O) groups excluding carboxylic acids is 1. The molecule has 2 aromatic carbocycles. The van der Waals surface area contributed by atoms with Gasteiger partial charge in [0.05, 0.1) is 17.5 Å². The highest BCUT2D eigenvalue weighted by Crippen LogP contribution is 2.26. The highest BCUT2D eigenvalue weighted by Gasteiger charge is 2.31. The normalized spacial score (nSPS) is 17.9. The van der Waals surface area contributed by atoms with Crippen LogP contribution in [0.3, 0.4) is 0 Å². The van der Waals surface area contributed by atoms with E-state index in [4.69, 9.17) is 0 Å². The van der Waals surface area contributed by atoms with E-state index in [-0.39, 0.29) is 25.5 Å². The van der Waals surface area contributed by atoms with E-state index in [0.717, 1.165) is 36.9 Å². The van der Waals surface area contributed by atoms with E-state index < -0.39 is 16.1 Å². The van der Waals surface area contributed by atoms with Gasteiger partial charge in [0.25, 0.3) is 0 Å². The van der Waals surface area contributed by atoms with E-state index in [1.807, 2.05) is 47.4 Å². The van der Waals surface area contributed by atoms with Crippen LogP contribution in [0.15, 0.2) is 53.4 Å². The van der Waals surface area contributed by atoms with Crippen molar-refractivity contribution in [3.63, 3.8) is 0 Å². The van der Waals surface area contributed by atoms with Crippen LogP contribution in [0.1, 0.15) is 30.9 Å². The molecule has 1 atom stereocenters. The van der Waals surface area contributed by atoms with E-state index >= 15 is 0 Å². The van der Waals surface area contributed by atoms with Crippen LogP contribution in [0.25, 0.3) is 0 Å². The predicted octanol–water partition coefficient (Wildman–Crippen LogP) is 2.29. The number of nitrogens with zero attached hydrogens (tertiary/aromatic N) is 3. The first-order valence-electron chi connectivity index (χ1n) is 11.7. The third kappa shape index (κ3) is 5.57. The molecule has 1 N–H and O–H groups in total. The number of hydrogen-bond acceptors (Lipinski definition) is 5. The molecule has 178 valence electrons. The van der Waals surface area contributed by atoms with Crippen molar-refractivity contribution in [1.82, 2.24) is 9.21 Å². The Hall–Kier alpha value is -2.42. The van der Waals surface area contributed by atoms with Gasteiger partial charge < -0.3 is 14.9 Å². The van der Waals surface area contributed by atoms with Gasteiger partial charge in [0.15, 0.2) is 0 Å². The van der Waals surface area contributed by atoms with Gasteiger partial charge in [-0.3, -0.25) is 4.79 Å². The number of rotatable bonds is 7. The molecule has 1 aliphatic heterocycles. The molecule has 33 heavy (non-hydrogen) atoms. The number of anilines is 1. The summed E-state index contributed by atoms with van der Waals surface area (Å²) in [4.78, 5) is 16.9. The molecule has 0 radical (unpaired) electrons. The van der Waals surface area contributed by atoms with Crippen LogP contribution in [0.2, 0.25) is 0 Å². The lowest BCUT2D eigenvalue weighted by atomic mass is 9.92. The molecule has 1 saturated heterocycles. The summed E-state index contributed by atoms with van der Waals surface area (Å²) in [6.07, 6.45) is 3.65. The van der Waals surface area contributed by atoms with E-state index in [2.05, 4.69) is 0 Å². The number of para-hydroxylation sites is 1. The Labute approximate surface area is 196 Å². The van der Waals surface area contributed by atoms with Crippen LogP contribution in [0, 0.1) is 0 Å². The van der Waals surface area contributed by atoms with Crippen LogP contribution in [0.5, 0.6) is 0 Å². The molecule has 1 aliphatic carbocycles. The number of aliphatic hydroxyl groups is 1. The largest absolute Gasteiger partial charge is 0.392 e. The molecular weight excluding hydrogens is 438 g/mol. The van der Waals surface area contributed by atoms with Gasteiger partial charge in [0.2, 0.25) is 15.9 Å². The zero-order chi connectivity index (χ0) is 23.4. The molecule has 1 fully saturated rings. The fraction of sp³-hybridized carbons (Fsp3) is 0.480. The van der Waals surface area contributed by atoms with Gasteiger partial charge in [-0.15, -0.1) is 0 Å². The SMILES string of the molecule is CC(O)CN(CC(=O)N1CCN(S(=O)(=O)c2ccc3c(c2)CCCC3)CC1)c1ccccc1. The van der Waals surface area contributed by atoms with Crippen molar-refractivity contribution >= 4 is 21.6 Å². The minimum Gasteiger partial charge on any atom is -0.392 e. The summed E-state index contributed by atoms with van der Waals surface area (Å²) in [6, 6.07) is 15.1. The molecule has 0 saturated carbocycles. The van der Waals surface area contributed by atoms with Crippen LogP contribution in [0.4, 0.5) is 5.69 Å². The first-order valence-corrected chi connectivity index (χ1v) is 13.2. The first-order chi connectivity index (χ1) is 15.8. The number of piperazine rings is 1. The van der Waals surface area contributed by atoms with E-state index in [0.29, 0.717) is 24.5 Å².